The summed E-state index contributed by atoms with van der Waals surface area (Å²) in [5.74, 6) is 0.503. The molecule has 7 nitrogen and oxygen atoms in total. The lowest BCUT2D eigenvalue weighted by Gasteiger charge is -2.07. The standard InChI is InChI=1S/C24H20BFN2O4.CH4O/c1-13-17(7-14-8-20-24(25(20)30)21(9-14)31-2)16-4-3-15(26)10-19(16)18(13)11-22(29)28-12-23-27-5-6-32-23;1-2/h3-10,30H,11-12H2,1-2H3,(H,28,29);2H,1H3/b17-7-;. The van der Waals surface area contributed by atoms with Crippen molar-refractivity contribution in [3.05, 3.63) is 76.8 Å². The van der Waals surface area contributed by atoms with E-state index in [1.165, 1.54) is 24.6 Å². The van der Waals surface area contributed by atoms with Crippen LogP contribution in [0.3, 0.4) is 0 Å². The van der Waals surface area contributed by atoms with Crippen molar-refractivity contribution in [1.29, 1.82) is 0 Å². The van der Waals surface area contributed by atoms with E-state index < -0.39 is 6.92 Å². The number of oxazole rings is 1. The van der Waals surface area contributed by atoms with Crippen molar-refractivity contribution in [3.63, 3.8) is 0 Å². The number of amides is 1. The van der Waals surface area contributed by atoms with Crippen LogP contribution in [0.4, 0.5) is 4.39 Å². The SMILES string of the molecule is CO.COc1cc(/C=C2/C(C)=C(CC(=O)NCc3ncco3)c3cc(F)ccc32)cc2c1B2O. The molecule has 5 rings (SSSR count). The van der Waals surface area contributed by atoms with Crippen LogP contribution in [0.25, 0.3) is 17.2 Å². The number of hydrogen-bond donors (Lipinski definition) is 3. The average Bonchev–Trinajstić information content (AvgIpc) is 3.16. The number of aromatic nitrogens is 1. The third kappa shape index (κ3) is 4.40. The molecule has 34 heavy (non-hydrogen) atoms. The van der Waals surface area contributed by atoms with E-state index in [1.807, 2.05) is 25.1 Å². The van der Waals surface area contributed by atoms with Crippen molar-refractivity contribution in [2.24, 2.45) is 0 Å². The highest BCUT2D eigenvalue weighted by Gasteiger charge is 2.40. The van der Waals surface area contributed by atoms with Gasteiger partial charge in [0.05, 0.1) is 26.3 Å². The Bertz CT molecular complexity index is 1300. The fourth-order valence-corrected chi connectivity index (χ4v) is 4.25. The molecule has 9 heteroatoms. The fourth-order valence-electron chi connectivity index (χ4n) is 4.25. The molecule has 2 heterocycles. The van der Waals surface area contributed by atoms with Gasteiger partial charge < -0.3 is 24.6 Å². The Hall–Kier alpha value is -3.69. The zero-order valence-electron chi connectivity index (χ0n) is 19.1. The van der Waals surface area contributed by atoms with Crippen LogP contribution in [-0.4, -0.2) is 42.2 Å². The Balaban J connectivity index is 0.00000133. The van der Waals surface area contributed by atoms with E-state index in [1.54, 1.807) is 13.2 Å². The molecule has 0 saturated carbocycles. The second kappa shape index (κ2) is 9.66. The van der Waals surface area contributed by atoms with Crippen molar-refractivity contribution < 1.29 is 28.5 Å². The van der Waals surface area contributed by atoms with Crippen LogP contribution in [0, 0.1) is 5.82 Å². The lowest BCUT2D eigenvalue weighted by Crippen LogP contribution is -2.22. The smallest absolute Gasteiger partial charge is 0.362 e. The number of nitrogens with one attached hydrogen (secondary N) is 1. The summed E-state index contributed by atoms with van der Waals surface area (Å²) in [5.41, 5.74) is 6.70. The lowest BCUT2D eigenvalue weighted by atomic mass is 9.87. The summed E-state index contributed by atoms with van der Waals surface area (Å²) in [6.45, 7) is 1.54. The number of halogens is 1. The number of hydrogen-bond acceptors (Lipinski definition) is 6. The van der Waals surface area contributed by atoms with Crippen LogP contribution < -0.4 is 21.0 Å². The molecule has 0 saturated heterocycles. The molecular weight excluding hydrogens is 438 g/mol. The largest absolute Gasteiger partial charge is 0.497 e. The Labute approximate surface area is 196 Å². The molecule has 174 valence electrons. The van der Waals surface area contributed by atoms with Gasteiger partial charge in [-0.1, -0.05) is 12.1 Å². The number of allylic oxidation sites excluding steroid dienone is 2. The first-order valence-electron chi connectivity index (χ1n) is 10.7. The van der Waals surface area contributed by atoms with Gasteiger partial charge in [0, 0.05) is 7.11 Å². The van der Waals surface area contributed by atoms with Crippen molar-refractivity contribution in [2.75, 3.05) is 14.2 Å². The van der Waals surface area contributed by atoms with Gasteiger partial charge in [-0.25, -0.2) is 9.37 Å². The molecule has 0 atom stereocenters. The zero-order valence-corrected chi connectivity index (χ0v) is 19.1. The molecule has 0 radical (unpaired) electrons. The van der Waals surface area contributed by atoms with Gasteiger partial charge >= 0.3 is 6.92 Å². The highest BCUT2D eigenvalue weighted by molar-refractivity contribution is 6.97. The van der Waals surface area contributed by atoms with Gasteiger partial charge in [0.15, 0.2) is 0 Å². The quantitative estimate of drug-likeness (QED) is 0.484. The van der Waals surface area contributed by atoms with Crippen LogP contribution in [0.2, 0.25) is 0 Å². The minimum Gasteiger partial charge on any atom is -0.497 e. The maximum atomic E-state index is 14.1. The maximum Gasteiger partial charge on any atom is 0.362 e. The van der Waals surface area contributed by atoms with Crippen LogP contribution in [0.5, 0.6) is 5.75 Å². The van der Waals surface area contributed by atoms with Crippen molar-refractivity contribution in [3.8, 4) is 5.75 Å². The number of rotatable bonds is 6. The van der Waals surface area contributed by atoms with Crippen LogP contribution >= 0.6 is 0 Å². The first-order valence-corrected chi connectivity index (χ1v) is 10.7. The van der Waals surface area contributed by atoms with Gasteiger partial charge in [0.1, 0.15) is 17.8 Å². The van der Waals surface area contributed by atoms with Gasteiger partial charge in [0.25, 0.3) is 0 Å². The van der Waals surface area contributed by atoms with E-state index in [0.29, 0.717) is 17.2 Å². The summed E-state index contributed by atoms with van der Waals surface area (Å²) in [5, 5.41) is 19.8. The molecule has 2 aliphatic rings. The Kier molecular flexibility index (Phi) is 6.67. The van der Waals surface area contributed by atoms with Crippen molar-refractivity contribution >= 4 is 41.0 Å². The topological polar surface area (TPSA) is 105 Å². The summed E-state index contributed by atoms with van der Waals surface area (Å²) in [6, 6.07) is 8.42. The van der Waals surface area contributed by atoms with Gasteiger partial charge in [-0.15, -0.1) is 0 Å². The van der Waals surface area contributed by atoms with Crippen molar-refractivity contribution in [2.45, 2.75) is 19.9 Å². The number of aliphatic hydroxyl groups excluding tert-OH is 1. The average molecular weight is 462 g/mol. The molecule has 1 aromatic heterocycles. The number of nitrogens with zero attached hydrogens (tertiary/aromatic N) is 1. The van der Waals surface area contributed by atoms with E-state index in [0.717, 1.165) is 45.9 Å². The highest BCUT2D eigenvalue weighted by Crippen LogP contribution is 2.44. The molecule has 0 fully saturated rings. The number of carbonyl (C=O) groups excluding carboxylic acids is 1. The summed E-state index contributed by atoms with van der Waals surface area (Å²) in [6.07, 6.45) is 5.05. The summed E-state index contributed by atoms with van der Waals surface area (Å²) < 4.78 is 24.6. The summed E-state index contributed by atoms with van der Waals surface area (Å²) in [4.78, 5) is 16.6. The predicted octanol–water partition coefficient (Wildman–Crippen LogP) is 1.88. The Morgan fingerprint density at radius 2 is 2.06 bits per heavy atom. The normalized spacial score (nSPS) is 14.4. The first kappa shape index (κ1) is 23.5. The zero-order chi connectivity index (χ0) is 24.4. The van der Waals surface area contributed by atoms with Crippen LogP contribution in [0.1, 0.15) is 35.9 Å². The van der Waals surface area contributed by atoms with Gasteiger partial charge in [0.2, 0.25) is 11.8 Å². The monoisotopic (exact) mass is 462 g/mol. The molecule has 2 aromatic carbocycles. The fraction of sp³-hybridized carbons (Fsp3) is 0.200. The third-order valence-electron chi connectivity index (χ3n) is 5.92. The van der Waals surface area contributed by atoms with Crippen LogP contribution in [-0.2, 0) is 11.3 Å². The number of aliphatic hydroxyl groups is 1. The Morgan fingerprint density at radius 1 is 1.26 bits per heavy atom. The number of ether oxygens (including phenoxy) is 1. The summed E-state index contributed by atoms with van der Waals surface area (Å²) >= 11 is 0. The highest BCUT2D eigenvalue weighted by atomic mass is 19.1. The first-order chi connectivity index (χ1) is 16.5. The van der Waals surface area contributed by atoms with Gasteiger partial charge in [-0.2, -0.15) is 0 Å². The molecule has 1 aliphatic heterocycles. The molecule has 0 bridgehead atoms. The minimum atomic E-state index is -0.582. The van der Waals surface area contributed by atoms with Gasteiger partial charge in [-0.05, 0) is 75.5 Å². The number of carbonyl (C=O) groups is 1. The van der Waals surface area contributed by atoms with Gasteiger partial charge in [-0.3, -0.25) is 4.79 Å². The molecule has 0 spiro atoms. The molecule has 1 amide bonds. The van der Waals surface area contributed by atoms with E-state index >= 15 is 0 Å². The van der Waals surface area contributed by atoms with E-state index in [9.17, 15) is 14.2 Å². The number of methoxy groups -OCH3 is 1. The molecule has 3 N–H and O–H groups in total. The van der Waals surface area contributed by atoms with Crippen molar-refractivity contribution in [1.82, 2.24) is 10.3 Å². The second-order valence-electron chi connectivity index (χ2n) is 7.86. The predicted molar refractivity (Wildman–Crippen MR) is 128 cm³/mol. The van der Waals surface area contributed by atoms with E-state index in [2.05, 4.69) is 10.3 Å². The molecular formula is C25H24BFN2O5. The molecule has 0 unspecified atom stereocenters. The summed E-state index contributed by atoms with van der Waals surface area (Å²) in [7, 11) is 2.57. The van der Waals surface area contributed by atoms with Crippen LogP contribution in [0.15, 0.2) is 52.8 Å². The Morgan fingerprint density at radius 3 is 2.76 bits per heavy atom. The lowest BCUT2D eigenvalue weighted by molar-refractivity contribution is -0.120. The van der Waals surface area contributed by atoms with E-state index in [4.69, 9.17) is 14.3 Å². The molecule has 3 aromatic rings. The minimum absolute atomic E-state index is 0.104. The number of benzene rings is 2. The third-order valence-corrected chi connectivity index (χ3v) is 5.92. The maximum absolute atomic E-state index is 14.1. The molecule has 1 aliphatic carbocycles. The number of fused-ring (bicyclic) bond motifs is 2. The second-order valence-corrected chi connectivity index (χ2v) is 7.86. The van der Waals surface area contributed by atoms with E-state index in [-0.39, 0.29) is 24.7 Å².